The number of allylic oxidation sites excluding steroid dienone is 1. The normalized spacial score (nSPS) is 11.9. The number of rotatable bonds is 8. The van der Waals surface area contributed by atoms with E-state index in [2.05, 4.69) is 28.7 Å². The first-order chi connectivity index (χ1) is 13.1. The molecule has 0 spiro atoms. The van der Waals surface area contributed by atoms with Crippen LogP contribution < -0.4 is 0 Å². The summed E-state index contributed by atoms with van der Waals surface area (Å²) in [7, 11) is 0. The molecular weight excluding hydrogens is 356 g/mol. The van der Waals surface area contributed by atoms with Crippen molar-refractivity contribution in [3.05, 3.63) is 72.6 Å². The van der Waals surface area contributed by atoms with Gasteiger partial charge in [0.25, 0.3) is 0 Å². The van der Waals surface area contributed by atoms with Gasteiger partial charge in [0.2, 0.25) is 0 Å². The molecule has 0 amide bonds. The molecule has 0 unspecified atom stereocenters. The molecule has 2 heterocycles. The summed E-state index contributed by atoms with van der Waals surface area (Å²) in [5.74, 6) is 0.827. The second-order valence-electron chi connectivity index (χ2n) is 6.12. The maximum atomic E-state index is 12.8. The zero-order chi connectivity index (χ0) is 19.2. The summed E-state index contributed by atoms with van der Waals surface area (Å²) in [5, 5.41) is 9.06. The molecule has 2 aromatic heterocycles. The van der Waals surface area contributed by atoms with Crippen molar-refractivity contribution >= 4 is 17.5 Å². The Morgan fingerprint density at radius 2 is 1.89 bits per heavy atom. The Morgan fingerprint density at radius 3 is 2.52 bits per heavy atom. The van der Waals surface area contributed by atoms with Gasteiger partial charge in [-0.15, -0.1) is 16.8 Å². The largest absolute Gasteiger partial charge is 0.298 e. The molecule has 27 heavy (non-hydrogen) atoms. The Labute approximate surface area is 163 Å². The van der Waals surface area contributed by atoms with Gasteiger partial charge in [0.15, 0.2) is 16.8 Å². The fourth-order valence-electron chi connectivity index (χ4n) is 2.74. The lowest BCUT2D eigenvalue weighted by Crippen LogP contribution is -2.15. The van der Waals surface area contributed by atoms with E-state index in [1.807, 2.05) is 47.9 Å². The summed E-state index contributed by atoms with van der Waals surface area (Å²) in [6.45, 7) is 8.40. The number of hydrogen-bond acceptors (Lipinski definition) is 5. The van der Waals surface area contributed by atoms with E-state index in [4.69, 9.17) is 0 Å². The molecule has 0 radical (unpaired) electrons. The lowest BCUT2D eigenvalue weighted by molar-refractivity contribution is 0.0994. The van der Waals surface area contributed by atoms with Gasteiger partial charge in [-0.05, 0) is 31.0 Å². The van der Waals surface area contributed by atoms with Crippen LogP contribution in [0.1, 0.15) is 29.8 Å². The Kier molecular flexibility index (Phi) is 6.19. The van der Waals surface area contributed by atoms with E-state index in [0.29, 0.717) is 11.7 Å². The van der Waals surface area contributed by atoms with Crippen LogP contribution in [0, 0.1) is 0 Å². The molecule has 5 nitrogen and oxygen atoms in total. The van der Waals surface area contributed by atoms with Crippen LogP contribution in [0.5, 0.6) is 0 Å². The van der Waals surface area contributed by atoms with Gasteiger partial charge in [0.1, 0.15) is 0 Å². The number of pyridine rings is 1. The molecule has 0 bridgehead atoms. The SMILES string of the molecule is C=CCn1c(S[C@H](C)C(=O)c2ccc(CC)cc2)nnc1-c1ccncc1. The first-order valence-electron chi connectivity index (χ1n) is 8.88. The molecule has 0 saturated carbocycles. The van der Waals surface area contributed by atoms with Crippen LogP contribution in [-0.4, -0.2) is 30.8 Å². The van der Waals surface area contributed by atoms with Crippen LogP contribution >= 0.6 is 11.8 Å². The zero-order valence-corrected chi connectivity index (χ0v) is 16.3. The highest BCUT2D eigenvalue weighted by Gasteiger charge is 2.21. The van der Waals surface area contributed by atoms with Gasteiger partial charge in [0.05, 0.1) is 5.25 Å². The van der Waals surface area contributed by atoms with E-state index in [-0.39, 0.29) is 11.0 Å². The van der Waals surface area contributed by atoms with Crippen molar-refractivity contribution in [3.63, 3.8) is 0 Å². The van der Waals surface area contributed by atoms with Crippen molar-refractivity contribution in [2.45, 2.75) is 37.2 Å². The smallest absolute Gasteiger partial charge is 0.192 e. The standard InChI is InChI=1S/C21H22N4OS/c1-4-14-25-20(18-10-12-22-13-11-18)23-24-21(25)27-15(3)19(26)17-8-6-16(5-2)7-9-17/h4,6-13,15H,1,5,14H2,2-3H3/t15-/m1/s1. The van der Waals surface area contributed by atoms with E-state index in [0.717, 1.165) is 23.4 Å². The first-order valence-corrected chi connectivity index (χ1v) is 9.76. The minimum absolute atomic E-state index is 0.0845. The molecule has 0 saturated heterocycles. The number of benzene rings is 1. The highest BCUT2D eigenvalue weighted by atomic mass is 32.2. The average Bonchev–Trinajstić information content (AvgIpc) is 3.10. The Bertz CT molecular complexity index is 919. The molecule has 1 aromatic carbocycles. The molecule has 1 atom stereocenters. The topological polar surface area (TPSA) is 60.7 Å². The molecule has 0 aliphatic rings. The van der Waals surface area contributed by atoms with Crippen molar-refractivity contribution in [1.82, 2.24) is 19.7 Å². The quantitative estimate of drug-likeness (QED) is 0.329. The number of hydrogen-bond donors (Lipinski definition) is 0. The summed E-state index contributed by atoms with van der Waals surface area (Å²) in [6.07, 6.45) is 6.21. The van der Waals surface area contributed by atoms with Crippen LogP contribution in [0.2, 0.25) is 0 Å². The lowest BCUT2D eigenvalue weighted by Gasteiger charge is -2.12. The number of thioether (sulfide) groups is 1. The Morgan fingerprint density at radius 1 is 1.19 bits per heavy atom. The predicted octanol–water partition coefficient (Wildman–Crippen LogP) is 4.45. The summed E-state index contributed by atoms with van der Waals surface area (Å²) < 4.78 is 1.97. The van der Waals surface area contributed by atoms with E-state index < -0.39 is 0 Å². The highest BCUT2D eigenvalue weighted by molar-refractivity contribution is 8.00. The number of nitrogens with zero attached hydrogens (tertiary/aromatic N) is 4. The summed E-state index contributed by atoms with van der Waals surface area (Å²) in [5.41, 5.74) is 2.87. The molecule has 138 valence electrons. The van der Waals surface area contributed by atoms with Gasteiger partial charge in [-0.3, -0.25) is 14.3 Å². The number of carbonyl (C=O) groups excluding carboxylic acids is 1. The maximum absolute atomic E-state index is 12.8. The van der Waals surface area contributed by atoms with Crippen LogP contribution in [0.15, 0.2) is 66.6 Å². The Hall–Kier alpha value is -2.73. The number of aromatic nitrogens is 4. The van der Waals surface area contributed by atoms with Crippen LogP contribution in [-0.2, 0) is 13.0 Å². The minimum Gasteiger partial charge on any atom is -0.298 e. The average molecular weight is 379 g/mol. The molecule has 6 heteroatoms. The van der Waals surface area contributed by atoms with Crippen molar-refractivity contribution < 1.29 is 4.79 Å². The summed E-state index contributed by atoms with van der Waals surface area (Å²) >= 11 is 1.41. The number of aryl methyl sites for hydroxylation is 1. The van der Waals surface area contributed by atoms with E-state index in [1.54, 1.807) is 18.5 Å². The molecule has 3 rings (SSSR count). The van der Waals surface area contributed by atoms with E-state index in [1.165, 1.54) is 17.3 Å². The second-order valence-corrected chi connectivity index (χ2v) is 7.42. The van der Waals surface area contributed by atoms with Gasteiger partial charge >= 0.3 is 0 Å². The number of Topliss-reactive ketones (excluding diaryl/α,β-unsaturated/α-hetero) is 1. The van der Waals surface area contributed by atoms with Gasteiger partial charge in [-0.1, -0.05) is 49.0 Å². The van der Waals surface area contributed by atoms with Crippen LogP contribution in [0.3, 0.4) is 0 Å². The van der Waals surface area contributed by atoms with E-state index in [9.17, 15) is 4.79 Å². The monoisotopic (exact) mass is 378 g/mol. The fraction of sp³-hybridized carbons (Fsp3) is 0.238. The molecule has 0 fully saturated rings. The molecule has 0 aliphatic heterocycles. The van der Waals surface area contributed by atoms with Gasteiger partial charge < -0.3 is 0 Å². The van der Waals surface area contributed by atoms with E-state index >= 15 is 0 Å². The molecule has 3 aromatic rings. The van der Waals surface area contributed by atoms with Crippen molar-refractivity contribution in [3.8, 4) is 11.4 Å². The number of ketones is 1. The summed E-state index contributed by atoms with van der Waals surface area (Å²) in [4.78, 5) is 16.8. The number of carbonyl (C=O) groups is 1. The van der Waals surface area contributed by atoms with Gasteiger partial charge in [0, 0.05) is 30.1 Å². The van der Waals surface area contributed by atoms with Crippen molar-refractivity contribution in [1.29, 1.82) is 0 Å². The third-order valence-corrected chi connectivity index (χ3v) is 5.35. The van der Waals surface area contributed by atoms with Gasteiger partial charge in [-0.25, -0.2) is 0 Å². The van der Waals surface area contributed by atoms with Crippen LogP contribution in [0.25, 0.3) is 11.4 Å². The predicted molar refractivity (Wildman–Crippen MR) is 109 cm³/mol. The van der Waals surface area contributed by atoms with Crippen molar-refractivity contribution in [2.75, 3.05) is 0 Å². The maximum Gasteiger partial charge on any atom is 0.192 e. The summed E-state index contributed by atoms with van der Waals surface area (Å²) in [6, 6.07) is 11.6. The first kappa shape index (κ1) is 19.0. The minimum atomic E-state index is -0.268. The molecular formula is C21H22N4OS. The molecule has 0 N–H and O–H groups in total. The third-order valence-electron chi connectivity index (χ3n) is 4.27. The Balaban J connectivity index is 1.82. The van der Waals surface area contributed by atoms with Crippen LogP contribution in [0.4, 0.5) is 0 Å². The highest BCUT2D eigenvalue weighted by Crippen LogP contribution is 2.28. The van der Waals surface area contributed by atoms with Crippen molar-refractivity contribution in [2.24, 2.45) is 0 Å². The zero-order valence-electron chi connectivity index (χ0n) is 15.5. The molecule has 0 aliphatic carbocycles. The lowest BCUT2D eigenvalue weighted by atomic mass is 10.1. The second kappa shape index (κ2) is 8.77. The third kappa shape index (κ3) is 4.34. The van der Waals surface area contributed by atoms with Gasteiger partial charge in [-0.2, -0.15) is 0 Å². The fourth-order valence-corrected chi connectivity index (χ4v) is 3.67.